The molecule has 0 saturated heterocycles. The third kappa shape index (κ3) is 3.28. The van der Waals surface area contributed by atoms with Crippen LogP contribution in [0.25, 0.3) is 10.9 Å². The normalized spacial score (nSPS) is 12.0. The molecule has 1 aromatic heterocycles. The summed E-state index contributed by atoms with van der Waals surface area (Å²) in [6.07, 6.45) is 0. The first-order valence-electron chi connectivity index (χ1n) is 8.02. The van der Waals surface area contributed by atoms with Crippen LogP contribution in [0.5, 0.6) is 5.75 Å². The van der Waals surface area contributed by atoms with Crippen molar-refractivity contribution in [2.24, 2.45) is 7.05 Å². The summed E-state index contributed by atoms with van der Waals surface area (Å²) in [5, 5.41) is 3.83. The molecule has 3 rings (SSSR count). The Kier molecular flexibility index (Phi) is 4.95. The van der Waals surface area contributed by atoms with E-state index in [2.05, 4.69) is 10.3 Å². The van der Waals surface area contributed by atoms with Gasteiger partial charge < -0.3 is 10.1 Å². The van der Waals surface area contributed by atoms with Crippen LogP contribution in [0.2, 0.25) is 5.02 Å². The Morgan fingerprint density at radius 1 is 1.27 bits per heavy atom. The highest BCUT2D eigenvalue weighted by Crippen LogP contribution is 2.20. The summed E-state index contributed by atoms with van der Waals surface area (Å²) in [6, 6.07) is 11.4. The third-order valence-electron chi connectivity index (χ3n) is 4.16. The summed E-state index contributed by atoms with van der Waals surface area (Å²) >= 11 is 6.01. The molecule has 0 fully saturated rings. The lowest BCUT2D eigenvalue weighted by Crippen LogP contribution is -2.32. The fourth-order valence-corrected chi connectivity index (χ4v) is 2.99. The number of amides is 1. The van der Waals surface area contributed by atoms with Crippen LogP contribution in [-0.4, -0.2) is 22.6 Å². The molecule has 0 saturated carbocycles. The quantitative estimate of drug-likeness (QED) is 0.764. The second-order valence-electron chi connectivity index (χ2n) is 5.89. The number of benzene rings is 2. The largest absolute Gasteiger partial charge is 0.496 e. The summed E-state index contributed by atoms with van der Waals surface area (Å²) < 4.78 is 6.66. The minimum Gasteiger partial charge on any atom is -0.496 e. The van der Waals surface area contributed by atoms with Gasteiger partial charge in [-0.05, 0) is 37.3 Å². The number of methoxy groups -OCH3 is 1. The van der Waals surface area contributed by atoms with Gasteiger partial charge in [0.2, 0.25) is 0 Å². The molecular weight excluding hydrogens is 354 g/mol. The van der Waals surface area contributed by atoms with Gasteiger partial charge in [0.25, 0.3) is 11.5 Å². The van der Waals surface area contributed by atoms with Crippen molar-refractivity contribution >= 4 is 28.4 Å². The van der Waals surface area contributed by atoms with Gasteiger partial charge in [-0.25, -0.2) is 4.98 Å². The number of rotatable bonds is 4. The highest BCUT2D eigenvalue weighted by Gasteiger charge is 2.19. The maximum atomic E-state index is 12.6. The van der Waals surface area contributed by atoms with Gasteiger partial charge in [0, 0.05) is 12.1 Å². The van der Waals surface area contributed by atoms with Crippen molar-refractivity contribution in [3.05, 3.63) is 69.2 Å². The van der Waals surface area contributed by atoms with E-state index in [1.54, 1.807) is 56.4 Å². The van der Waals surface area contributed by atoms with Crippen LogP contribution in [-0.2, 0) is 7.05 Å². The molecule has 6 nitrogen and oxygen atoms in total. The van der Waals surface area contributed by atoms with Crippen LogP contribution < -0.4 is 15.6 Å². The maximum absolute atomic E-state index is 12.6. The van der Waals surface area contributed by atoms with Crippen LogP contribution in [0.4, 0.5) is 0 Å². The van der Waals surface area contributed by atoms with E-state index in [1.165, 1.54) is 11.7 Å². The zero-order valence-electron chi connectivity index (χ0n) is 14.6. The van der Waals surface area contributed by atoms with E-state index < -0.39 is 6.04 Å². The molecule has 0 aliphatic rings. The fraction of sp³-hybridized carbons (Fsp3) is 0.211. The number of nitrogens with zero attached hydrogens (tertiary/aromatic N) is 2. The predicted molar refractivity (Wildman–Crippen MR) is 101 cm³/mol. The lowest BCUT2D eigenvalue weighted by molar-refractivity contribution is 0.0934. The van der Waals surface area contributed by atoms with Crippen molar-refractivity contribution in [2.45, 2.75) is 13.0 Å². The zero-order valence-corrected chi connectivity index (χ0v) is 15.4. The molecule has 0 aliphatic heterocycles. The highest BCUT2D eigenvalue weighted by molar-refractivity contribution is 6.31. The van der Waals surface area contributed by atoms with E-state index in [9.17, 15) is 9.59 Å². The summed E-state index contributed by atoms with van der Waals surface area (Å²) in [5.74, 6) is 0.604. The van der Waals surface area contributed by atoms with Crippen molar-refractivity contribution in [1.82, 2.24) is 14.9 Å². The summed E-state index contributed by atoms with van der Waals surface area (Å²) in [5.41, 5.74) is 0.713. The van der Waals surface area contributed by atoms with E-state index in [0.717, 1.165) is 0 Å². The second-order valence-corrected chi connectivity index (χ2v) is 6.33. The van der Waals surface area contributed by atoms with Crippen molar-refractivity contribution in [2.75, 3.05) is 7.11 Å². The number of hydrogen-bond donors (Lipinski definition) is 1. The van der Waals surface area contributed by atoms with Crippen LogP contribution in [0, 0.1) is 0 Å². The van der Waals surface area contributed by atoms with Crippen LogP contribution >= 0.6 is 11.6 Å². The van der Waals surface area contributed by atoms with E-state index in [1.807, 2.05) is 0 Å². The number of fused-ring (bicyclic) bond motifs is 1. The van der Waals surface area contributed by atoms with Gasteiger partial charge in [-0.2, -0.15) is 0 Å². The monoisotopic (exact) mass is 371 g/mol. The van der Waals surface area contributed by atoms with Gasteiger partial charge in [-0.3, -0.25) is 14.2 Å². The van der Waals surface area contributed by atoms with Gasteiger partial charge in [0.05, 0.1) is 29.6 Å². The number of carbonyl (C=O) groups is 1. The topological polar surface area (TPSA) is 73.2 Å². The molecule has 1 N–H and O–H groups in total. The molecule has 26 heavy (non-hydrogen) atoms. The van der Waals surface area contributed by atoms with Crippen molar-refractivity contribution < 1.29 is 9.53 Å². The van der Waals surface area contributed by atoms with Gasteiger partial charge >= 0.3 is 0 Å². The minimum absolute atomic E-state index is 0.194. The lowest BCUT2D eigenvalue weighted by atomic mass is 10.1. The lowest BCUT2D eigenvalue weighted by Gasteiger charge is -2.18. The molecule has 2 aromatic carbocycles. The Labute approximate surface area is 155 Å². The molecule has 134 valence electrons. The molecule has 1 amide bonds. The maximum Gasteiger partial charge on any atom is 0.261 e. The Morgan fingerprint density at radius 2 is 2.00 bits per heavy atom. The van der Waals surface area contributed by atoms with E-state index in [-0.39, 0.29) is 11.5 Å². The molecule has 0 radical (unpaired) electrons. The molecule has 0 unspecified atom stereocenters. The van der Waals surface area contributed by atoms with Gasteiger partial charge in [0.15, 0.2) is 0 Å². The summed E-state index contributed by atoms with van der Waals surface area (Å²) in [4.78, 5) is 29.7. The van der Waals surface area contributed by atoms with Crippen LogP contribution in [0.1, 0.15) is 29.1 Å². The smallest absolute Gasteiger partial charge is 0.261 e. The first kappa shape index (κ1) is 17.9. The Bertz CT molecular complexity index is 1050. The summed E-state index contributed by atoms with van der Waals surface area (Å²) in [6.45, 7) is 1.77. The van der Waals surface area contributed by atoms with Gasteiger partial charge in [-0.15, -0.1) is 0 Å². The number of para-hydroxylation sites is 1. The molecule has 3 aromatic rings. The molecule has 0 bridgehead atoms. The number of halogens is 1. The third-order valence-corrected chi connectivity index (χ3v) is 4.40. The Balaban J connectivity index is 1.97. The zero-order chi connectivity index (χ0) is 18.8. The van der Waals surface area contributed by atoms with E-state index in [0.29, 0.717) is 33.1 Å². The minimum atomic E-state index is -0.492. The predicted octanol–water partition coefficient (Wildman–Crippen LogP) is 3.09. The highest BCUT2D eigenvalue weighted by atomic mass is 35.5. The summed E-state index contributed by atoms with van der Waals surface area (Å²) in [7, 11) is 3.14. The first-order chi connectivity index (χ1) is 12.4. The van der Waals surface area contributed by atoms with Gasteiger partial charge in [0.1, 0.15) is 11.6 Å². The molecule has 0 aliphatic carbocycles. The SMILES string of the molecule is COc1ccccc1C(=O)N[C@H](C)c1nc2cc(Cl)ccc2c(=O)n1C. The standard InChI is InChI=1S/C19H18ClN3O3/c1-11(21-18(24)14-6-4-5-7-16(14)26-3)17-22-15-10-12(20)8-9-13(15)19(25)23(17)2/h4-11H,1-3H3,(H,21,24)/t11-/m1/s1. The average molecular weight is 372 g/mol. The fourth-order valence-electron chi connectivity index (χ4n) is 2.82. The van der Waals surface area contributed by atoms with E-state index in [4.69, 9.17) is 16.3 Å². The van der Waals surface area contributed by atoms with Crippen molar-refractivity contribution in [1.29, 1.82) is 0 Å². The molecular formula is C19H18ClN3O3. The number of hydrogen-bond acceptors (Lipinski definition) is 4. The van der Waals surface area contributed by atoms with Crippen LogP contribution in [0.3, 0.4) is 0 Å². The number of ether oxygens (including phenoxy) is 1. The number of carbonyl (C=O) groups excluding carboxylic acids is 1. The van der Waals surface area contributed by atoms with E-state index >= 15 is 0 Å². The molecule has 1 atom stereocenters. The number of aromatic nitrogens is 2. The molecule has 1 heterocycles. The average Bonchev–Trinajstić information content (AvgIpc) is 2.64. The van der Waals surface area contributed by atoms with Crippen molar-refractivity contribution in [3.8, 4) is 5.75 Å². The Morgan fingerprint density at radius 3 is 2.73 bits per heavy atom. The second kappa shape index (κ2) is 7.17. The first-order valence-corrected chi connectivity index (χ1v) is 8.40. The van der Waals surface area contributed by atoms with Gasteiger partial charge in [-0.1, -0.05) is 23.7 Å². The molecule has 0 spiro atoms. The number of nitrogens with one attached hydrogen (secondary N) is 1. The van der Waals surface area contributed by atoms with Crippen molar-refractivity contribution in [3.63, 3.8) is 0 Å². The Hall–Kier alpha value is -2.86. The van der Waals surface area contributed by atoms with Crippen LogP contribution in [0.15, 0.2) is 47.3 Å². The molecule has 7 heteroatoms.